The van der Waals surface area contributed by atoms with Crippen molar-refractivity contribution in [3.63, 3.8) is 0 Å². The lowest BCUT2D eigenvalue weighted by Gasteiger charge is -2.05. The van der Waals surface area contributed by atoms with Gasteiger partial charge in [-0.2, -0.15) is 0 Å². The first-order valence-electron chi connectivity index (χ1n) is 7.39. The molecule has 6 heteroatoms. The second-order valence-corrected chi connectivity index (χ2v) is 5.80. The second kappa shape index (κ2) is 5.08. The highest BCUT2D eigenvalue weighted by Gasteiger charge is 2.45. The molecule has 4 rings (SSSR count). The number of aromatic nitrogens is 2. The Labute approximate surface area is 130 Å². The van der Waals surface area contributed by atoms with E-state index in [1.54, 1.807) is 36.4 Å². The number of carbonyl (C=O) groups excluding carboxylic acids is 1. The Bertz CT molecular complexity index is 960. The number of imidazole rings is 1. The standard InChI is InChI=1S/C17H14FN3O2/c18-13-4-2-1-3-10(13)11-8-12(11)16(22)19-9-5-6-14-15(7-9)21-17(23)20-14/h1-7,11-12H,8H2,(H,19,22)(H2,20,21,23). The molecule has 0 bridgehead atoms. The van der Waals surface area contributed by atoms with Gasteiger partial charge < -0.3 is 15.3 Å². The topological polar surface area (TPSA) is 77.8 Å². The molecule has 0 spiro atoms. The minimum Gasteiger partial charge on any atom is -0.326 e. The van der Waals surface area contributed by atoms with E-state index in [1.165, 1.54) is 6.07 Å². The summed E-state index contributed by atoms with van der Waals surface area (Å²) in [5.74, 6) is -0.672. The summed E-state index contributed by atoms with van der Waals surface area (Å²) in [7, 11) is 0. The molecule has 1 aliphatic carbocycles. The van der Waals surface area contributed by atoms with Crippen LogP contribution in [0, 0.1) is 11.7 Å². The number of aromatic amines is 2. The van der Waals surface area contributed by atoms with E-state index in [-0.39, 0.29) is 29.2 Å². The van der Waals surface area contributed by atoms with E-state index < -0.39 is 0 Å². The first-order valence-corrected chi connectivity index (χ1v) is 7.39. The molecule has 2 unspecified atom stereocenters. The molecule has 116 valence electrons. The fraction of sp³-hybridized carbons (Fsp3) is 0.176. The van der Waals surface area contributed by atoms with Crippen molar-refractivity contribution in [3.8, 4) is 0 Å². The molecular weight excluding hydrogens is 297 g/mol. The molecule has 1 aromatic heterocycles. The molecule has 1 amide bonds. The van der Waals surface area contributed by atoms with Crippen LogP contribution >= 0.6 is 0 Å². The molecule has 1 saturated carbocycles. The maximum Gasteiger partial charge on any atom is 0.323 e. The lowest BCUT2D eigenvalue weighted by Crippen LogP contribution is -2.14. The molecular formula is C17H14FN3O2. The minimum atomic E-state index is -0.287. The predicted octanol–water partition coefficient (Wildman–Crippen LogP) is 2.74. The predicted molar refractivity (Wildman–Crippen MR) is 84.8 cm³/mol. The fourth-order valence-corrected chi connectivity index (χ4v) is 2.95. The van der Waals surface area contributed by atoms with Gasteiger partial charge in [-0.05, 0) is 42.2 Å². The number of amides is 1. The number of fused-ring (bicyclic) bond motifs is 1. The maximum atomic E-state index is 13.8. The van der Waals surface area contributed by atoms with Gasteiger partial charge in [-0.1, -0.05) is 18.2 Å². The van der Waals surface area contributed by atoms with E-state index in [4.69, 9.17) is 0 Å². The number of hydrogen-bond donors (Lipinski definition) is 3. The first-order chi connectivity index (χ1) is 11.1. The number of hydrogen-bond acceptors (Lipinski definition) is 2. The van der Waals surface area contributed by atoms with Crippen molar-refractivity contribution in [2.45, 2.75) is 12.3 Å². The zero-order valence-electron chi connectivity index (χ0n) is 12.1. The molecule has 2 atom stereocenters. The highest BCUT2D eigenvalue weighted by molar-refractivity contribution is 5.96. The van der Waals surface area contributed by atoms with Crippen LogP contribution in [0.4, 0.5) is 10.1 Å². The average Bonchev–Trinajstić information content (AvgIpc) is 3.23. The SMILES string of the molecule is O=C(Nc1ccc2[nH]c(=O)[nH]c2c1)C1CC1c1ccccc1F. The number of nitrogens with one attached hydrogen (secondary N) is 3. The van der Waals surface area contributed by atoms with Crippen molar-refractivity contribution in [2.75, 3.05) is 5.32 Å². The molecule has 1 aliphatic rings. The molecule has 3 aromatic rings. The van der Waals surface area contributed by atoms with E-state index in [0.29, 0.717) is 28.7 Å². The summed E-state index contributed by atoms with van der Waals surface area (Å²) in [6, 6.07) is 11.7. The molecule has 1 fully saturated rings. The Hall–Kier alpha value is -2.89. The first kappa shape index (κ1) is 13.8. The number of benzene rings is 2. The fourth-order valence-electron chi connectivity index (χ4n) is 2.95. The number of carbonyl (C=O) groups is 1. The Morgan fingerprint density at radius 1 is 1.13 bits per heavy atom. The third-order valence-electron chi connectivity index (χ3n) is 4.22. The van der Waals surface area contributed by atoms with Crippen LogP contribution in [0.3, 0.4) is 0 Å². The van der Waals surface area contributed by atoms with Crippen molar-refractivity contribution in [3.05, 3.63) is 64.3 Å². The van der Waals surface area contributed by atoms with Crippen LogP contribution < -0.4 is 11.0 Å². The molecule has 3 N–H and O–H groups in total. The summed E-state index contributed by atoms with van der Waals surface area (Å²) < 4.78 is 13.8. The monoisotopic (exact) mass is 311 g/mol. The van der Waals surface area contributed by atoms with E-state index in [2.05, 4.69) is 15.3 Å². The van der Waals surface area contributed by atoms with Crippen molar-refractivity contribution in [1.82, 2.24) is 9.97 Å². The molecule has 2 aromatic carbocycles. The van der Waals surface area contributed by atoms with Crippen molar-refractivity contribution >= 4 is 22.6 Å². The van der Waals surface area contributed by atoms with E-state index in [1.807, 2.05) is 0 Å². The zero-order valence-corrected chi connectivity index (χ0v) is 12.1. The van der Waals surface area contributed by atoms with Gasteiger partial charge in [0.15, 0.2) is 0 Å². The van der Waals surface area contributed by atoms with Crippen molar-refractivity contribution in [2.24, 2.45) is 5.92 Å². The van der Waals surface area contributed by atoms with E-state index in [0.717, 1.165) is 0 Å². The highest BCUT2D eigenvalue weighted by Crippen LogP contribution is 2.48. The Balaban J connectivity index is 1.50. The average molecular weight is 311 g/mol. The lowest BCUT2D eigenvalue weighted by atomic mass is 10.1. The van der Waals surface area contributed by atoms with Gasteiger partial charge >= 0.3 is 5.69 Å². The van der Waals surface area contributed by atoms with Crippen LogP contribution in [-0.4, -0.2) is 15.9 Å². The third-order valence-corrected chi connectivity index (χ3v) is 4.22. The molecule has 0 radical (unpaired) electrons. The van der Waals surface area contributed by atoms with Gasteiger partial charge in [0.1, 0.15) is 5.82 Å². The van der Waals surface area contributed by atoms with Crippen LogP contribution in [-0.2, 0) is 4.79 Å². The Kier molecular flexibility index (Phi) is 3.04. The lowest BCUT2D eigenvalue weighted by molar-refractivity contribution is -0.117. The second-order valence-electron chi connectivity index (χ2n) is 5.80. The zero-order chi connectivity index (χ0) is 16.0. The van der Waals surface area contributed by atoms with Gasteiger partial charge in [0, 0.05) is 11.6 Å². The summed E-state index contributed by atoms with van der Waals surface area (Å²) in [6.45, 7) is 0. The largest absolute Gasteiger partial charge is 0.326 e. The normalized spacial score (nSPS) is 19.7. The molecule has 1 heterocycles. The summed E-state index contributed by atoms with van der Waals surface area (Å²) in [5, 5.41) is 2.83. The summed E-state index contributed by atoms with van der Waals surface area (Å²) in [4.78, 5) is 28.8. The smallest absolute Gasteiger partial charge is 0.323 e. The Morgan fingerprint density at radius 3 is 2.74 bits per heavy atom. The molecule has 5 nitrogen and oxygen atoms in total. The summed E-state index contributed by atoms with van der Waals surface area (Å²) >= 11 is 0. The van der Waals surface area contributed by atoms with Gasteiger partial charge in [0.2, 0.25) is 5.91 Å². The minimum absolute atomic E-state index is 0.0630. The van der Waals surface area contributed by atoms with Gasteiger partial charge in [-0.25, -0.2) is 9.18 Å². The van der Waals surface area contributed by atoms with Gasteiger partial charge in [0.05, 0.1) is 11.0 Å². The summed E-state index contributed by atoms with van der Waals surface area (Å²) in [6.07, 6.45) is 0.649. The number of halogens is 1. The van der Waals surface area contributed by atoms with Gasteiger partial charge in [-0.15, -0.1) is 0 Å². The summed E-state index contributed by atoms with van der Waals surface area (Å²) in [5.41, 5.74) is 2.23. The number of rotatable bonds is 3. The quantitative estimate of drug-likeness (QED) is 0.695. The van der Waals surface area contributed by atoms with Crippen molar-refractivity contribution < 1.29 is 9.18 Å². The van der Waals surface area contributed by atoms with Gasteiger partial charge in [0.25, 0.3) is 0 Å². The maximum absolute atomic E-state index is 13.8. The third kappa shape index (κ3) is 2.52. The Morgan fingerprint density at radius 2 is 1.91 bits per heavy atom. The van der Waals surface area contributed by atoms with Gasteiger partial charge in [-0.3, -0.25) is 4.79 Å². The van der Waals surface area contributed by atoms with Crippen LogP contribution in [0.15, 0.2) is 47.3 Å². The number of H-pyrrole nitrogens is 2. The molecule has 0 saturated heterocycles. The highest BCUT2D eigenvalue weighted by atomic mass is 19.1. The van der Waals surface area contributed by atoms with Crippen LogP contribution in [0.2, 0.25) is 0 Å². The van der Waals surface area contributed by atoms with Crippen LogP contribution in [0.1, 0.15) is 17.9 Å². The molecule has 0 aliphatic heterocycles. The van der Waals surface area contributed by atoms with Crippen LogP contribution in [0.25, 0.3) is 11.0 Å². The van der Waals surface area contributed by atoms with Crippen molar-refractivity contribution in [1.29, 1.82) is 0 Å². The van der Waals surface area contributed by atoms with E-state index in [9.17, 15) is 14.0 Å². The van der Waals surface area contributed by atoms with Crippen LogP contribution in [0.5, 0.6) is 0 Å². The van der Waals surface area contributed by atoms with E-state index >= 15 is 0 Å². The number of anilines is 1. The molecule has 23 heavy (non-hydrogen) atoms.